The van der Waals surface area contributed by atoms with Crippen molar-refractivity contribution in [2.75, 3.05) is 5.32 Å². The van der Waals surface area contributed by atoms with Crippen LogP contribution in [0, 0.1) is 11.8 Å². The number of aromatic nitrogens is 4. The van der Waals surface area contributed by atoms with Gasteiger partial charge >= 0.3 is 0 Å². The van der Waals surface area contributed by atoms with E-state index in [9.17, 15) is 4.79 Å². The summed E-state index contributed by atoms with van der Waals surface area (Å²) in [5.41, 5.74) is 7.51. The number of carbonyl (C=O) groups is 1. The van der Waals surface area contributed by atoms with Gasteiger partial charge < -0.3 is 16.0 Å². The van der Waals surface area contributed by atoms with E-state index in [4.69, 9.17) is 5.73 Å². The third-order valence-corrected chi connectivity index (χ3v) is 5.41. The average molecular weight is 352 g/mol. The molecule has 7 nitrogen and oxygen atoms in total. The molecule has 0 aromatic carbocycles. The van der Waals surface area contributed by atoms with Gasteiger partial charge in [0.05, 0.1) is 5.69 Å². The lowest BCUT2D eigenvalue weighted by atomic mass is 9.79. The van der Waals surface area contributed by atoms with Crippen molar-refractivity contribution in [3.63, 3.8) is 0 Å². The first-order valence-electron chi connectivity index (χ1n) is 9.16. The lowest BCUT2D eigenvalue weighted by Gasteiger charge is -2.30. The molecule has 26 heavy (non-hydrogen) atoms. The molecule has 1 amide bonds. The minimum Gasteiger partial charge on any atom is -0.328 e. The highest BCUT2D eigenvalue weighted by atomic mass is 16.1. The number of hydrogen-bond donors (Lipinski definition) is 3. The molecule has 1 unspecified atom stereocenters. The Labute approximate surface area is 152 Å². The second-order valence-electron chi connectivity index (χ2n) is 7.19. The molecule has 0 bridgehead atoms. The standard InChI is InChI=1S/C19H24N6O/c1-12(20)13-3-5-14(6-4-13)19(26)23-16-7-9-21-18-15(16)11-17(24-18)25-10-2-8-22-25/h2,7-14H,3-6,20H2,1H3,(H2,21,23,24,26)/t12?,13-,14-. The Morgan fingerprint density at radius 2 is 2.15 bits per heavy atom. The summed E-state index contributed by atoms with van der Waals surface area (Å²) < 4.78 is 1.74. The van der Waals surface area contributed by atoms with Crippen molar-refractivity contribution in [2.45, 2.75) is 38.6 Å². The van der Waals surface area contributed by atoms with Crippen LogP contribution < -0.4 is 11.1 Å². The second kappa shape index (κ2) is 6.92. The zero-order valence-corrected chi connectivity index (χ0v) is 14.9. The van der Waals surface area contributed by atoms with Gasteiger partial charge in [0.1, 0.15) is 11.5 Å². The molecule has 136 valence electrons. The van der Waals surface area contributed by atoms with Crippen molar-refractivity contribution in [3.05, 3.63) is 36.8 Å². The van der Waals surface area contributed by atoms with Crippen molar-refractivity contribution in [2.24, 2.45) is 17.6 Å². The fourth-order valence-electron chi connectivity index (χ4n) is 3.80. The zero-order chi connectivity index (χ0) is 18.1. The van der Waals surface area contributed by atoms with Crippen LogP contribution in [0.25, 0.3) is 16.9 Å². The fraction of sp³-hybridized carbons (Fsp3) is 0.421. The van der Waals surface area contributed by atoms with Gasteiger partial charge in [-0.1, -0.05) is 0 Å². The normalized spacial score (nSPS) is 21.6. The lowest BCUT2D eigenvalue weighted by Crippen LogP contribution is -2.33. The van der Waals surface area contributed by atoms with Crippen molar-refractivity contribution in [1.82, 2.24) is 19.7 Å². The summed E-state index contributed by atoms with van der Waals surface area (Å²) in [4.78, 5) is 20.3. The molecule has 1 aliphatic carbocycles. The smallest absolute Gasteiger partial charge is 0.227 e. The molecule has 0 saturated heterocycles. The number of nitrogens with two attached hydrogens (primary N) is 1. The molecule has 1 atom stereocenters. The first kappa shape index (κ1) is 16.8. The molecule has 0 radical (unpaired) electrons. The van der Waals surface area contributed by atoms with Crippen LogP contribution in [0.5, 0.6) is 0 Å². The number of anilines is 1. The second-order valence-corrected chi connectivity index (χ2v) is 7.19. The van der Waals surface area contributed by atoms with Crippen LogP contribution in [0.1, 0.15) is 32.6 Å². The van der Waals surface area contributed by atoms with Crippen LogP contribution in [0.15, 0.2) is 36.8 Å². The molecule has 7 heteroatoms. The highest BCUT2D eigenvalue weighted by Gasteiger charge is 2.28. The largest absolute Gasteiger partial charge is 0.328 e. The van der Waals surface area contributed by atoms with Crippen molar-refractivity contribution >= 4 is 22.6 Å². The van der Waals surface area contributed by atoms with Gasteiger partial charge in [-0.15, -0.1) is 0 Å². The molecule has 0 spiro atoms. The Bertz CT molecular complexity index is 890. The number of nitrogens with zero attached hydrogens (tertiary/aromatic N) is 3. The van der Waals surface area contributed by atoms with E-state index in [1.54, 1.807) is 17.1 Å². The molecule has 3 aromatic heterocycles. The molecule has 4 rings (SSSR count). The molecule has 3 aromatic rings. The minimum atomic E-state index is 0.0535. The van der Waals surface area contributed by atoms with Gasteiger partial charge in [-0.25, -0.2) is 9.67 Å². The molecular weight excluding hydrogens is 328 g/mol. The Morgan fingerprint density at radius 3 is 2.85 bits per heavy atom. The van der Waals surface area contributed by atoms with E-state index in [0.29, 0.717) is 5.92 Å². The van der Waals surface area contributed by atoms with Gasteiger partial charge in [0.15, 0.2) is 0 Å². The van der Waals surface area contributed by atoms with Gasteiger partial charge in [-0.05, 0) is 56.7 Å². The summed E-state index contributed by atoms with van der Waals surface area (Å²) in [6.45, 7) is 2.06. The third kappa shape index (κ3) is 3.22. The minimum absolute atomic E-state index is 0.0535. The number of aromatic amines is 1. The topological polar surface area (TPSA) is 102 Å². The van der Waals surface area contributed by atoms with E-state index < -0.39 is 0 Å². The van der Waals surface area contributed by atoms with Crippen molar-refractivity contribution in [1.29, 1.82) is 0 Å². The number of amides is 1. The summed E-state index contributed by atoms with van der Waals surface area (Å²) in [5, 5.41) is 8.21. The molecule has 4 N–H and O–H groups in total. The number of hydrogen-bond acceptors (Lipinski definition) is 4. The van der Waals surface area contributed by atoms with E-state index in [0.717, 1.165) is 48.2 Å². The number of nitrogens with one attached hydrogen (secondary N) is 2. The van der Waals surface area contributed by atoms with E-state index >= 15 is 0 Å². The maximum absolute atomic E-state index is 12.7. The van der Waals surface area contributed by atoms with E-state index in [1.165, 1.54) is 0 Å². The molecule has 1 saturated carbocycles. The Kier molecular flexibility index (Phi) is 4.46. The van der Waals surface area contributed by atoms with Gasteiger partial charge in [-0.3, -0.25) is 4.79 Å². The average Bonchev–Trinajstić information content (AvgIpc) is 3.31. The SMILES string of the molecule is CC(N)[C@H]1CC[C@H](C(=O)Nc2ccnc3[nH]c(-n4cccn4)cc23)CC1. The number of H-pyrrole nitrogens is 1. The zero-order valence-electron chi connectivity index (χ0n) is 14.9. The Balaban J connectivity index is 1.51. The van der Waals surface area contributed by atoms with Gasteiger partial charge in [0, 0.05) is 35.9 Å². The monoisotopic (exact) mass is 352 g/mol. The summed E-state index contributed by atoms with van der Waals surface area (Å²) in [7, 11) is 0. The highest BCUT2D eigenvalue weighted by molar-refractivity contribution is 6.01. The number of pyridine rings is 1. The van der Waals surface area contributed by atoms with Gasteiger partial charge in [0.25, 0.3) is 0 Å². The van der Waals surface area contributed by atoms with E-state index in [2.05, 4.69) is 27.3 Å². The van der Waals surface area contributed by atoms with Crippen LogP contribution in [0.4, 0.5) is 5.69 Å². The number of rotatable bonds is 4. The Hall–Kier alpha value is -2.67. The van der Waals surface area contributed by atoms with E-state index in [1.807, 2.05) is 24.4 Å². The van der Waals surface area contributed by atoms with Crippen molar-refractivity contribution in [3.8, 4) is 5.82 Å². The first-order valence-corrected chi connectivity index (χ1v) is 9.16. The Morgan fingerprint density at radius 1 is 1.35 bits per heavy atom. The van der Waals surface area contributed by atoms with Crippen molar-refractivity contribution < 1.29 is 4.79 Å². The van der Waals surface area contributed by atoms with Gasteiger partial charge in [0.2, 0.25) is 5.91 Å². The molecule has 1 aliphatic rings. The quantitative estimate of drug-likeness (QED) is 0.672. The maximum atomic E-state index is 12.7. The molecule has 3 heterocycles. The van der Waals surface area contributed by atoms with Gasteiger partial charge in [-0.2, -0.15) is 5.10 Å². The number of fused-ring (bicyclic) bond motifs is 1. The van der Waals surface area contributed by atoms with Crippen LogP contribution >= 0.6 is 0 Å². The molecule has 1 fully saturated rings. The van der Waals surface area contributed by atoms with Crippen LogP contribution in [0.2, 0.25) is 0 Å². The summed E-state index contributed by atoms with van der Waals surface area (Å²) in [5.74, 6) is 1.49. The number of carbonyl (C=O) groups excluding carboxylic acids is 1. The van der Waals surface area contributed by atoms with Crippen LogP contribution in [0.3, 0.4) is 0 Å². The first-order chi connectivity index (χ1) is 12.6. The van der Waals surface area contributed by atoms with Crippen LogP contribution in [-0.2, 0) is 4.79 Å². The van der Waals surface area contributed by atoms with Crippen LogP contribution in [-0.4, -0.2) is 31.7 Å². The summed E-state index contributed by atoms with van der Waals surface area (Å²) in [6, 6.07) is 5.87. The predicted molar refractivity (Wildman–Crippen MR) is 101 cm³/mol. The highest BCUT2D eigenvalue weighted by Crippen LogP contribution is 2.32. The summed E-state index contributed by atoms with van der Waals surface area (Å²) in [6.07, 6.45) is 9.13. The maximum Gasteiger partial charge on any atom is 0.227 e. The summed E-state index contributed by atoms with van der Waals surface area (Å²) >= 11 is 0. The predicted octanol–water partition coefficient (Wildman–Crippen LogP) is 2.84. The molecule has 0 aliphatic heterocycles. The third-order valence-electron chi connectivity index (χ3n) is 5.41. The molecular formula is C19H24N6O. The lowest BCUT2D eigenvalue weighted by molar-refractivity contribution is -0.121. The van der Waals surface area contributed by atoms with E-state index in [-0.39, 0.29) is 17.9 Å². The fourth-order valence-corrected chi connectivity index (χ4v) is 3.80.